The number of carbonyl (C=O) groups excluding carboxylic acids is 1. The van der Waals surface area contributed by atoms with Gasteiger partial charge in [-0.15, -0.1) is 0 Å². The van der Waals surface area contributed by atoms with E-state index in [2.05, 4.69) is 12.2 Å². The maximum atomic E-state index is 11.9. The van der Waals surface area contributed by atoms with Crippen molar-refractivity contribution in [1.82, 2.24) is 5.32 Å². The summed E-state index contributed by atoms with van der Waals surface area (Å²) in [6.07, 6.45) is 5.25. The Balaban J connectivity index is 2.52. The molecule has 0 atom stereocenters. The third kappa shape index (κ3) is 2.44. The van der Waals surface area contributed by atoms with Crippen LogP contribution in [0.3, 0.4) is 0 Å². The lowest BCUT2D eigenvalue weighted by molar-refractivity contribution is -0.130. The number of rotatable bonds is 4. The van der Waals surface area contributed by atoms with Gasteiger partial charge < -0.3 is 11.1 Å². The highest BCUT2D eigenvalue weighted by molar-refractivity contribution is 7.80. The lowest BCUT2D eigenvalue weighted by Gasteiger charge is -2.25. The zero-order valence-electron chi connectivity index (χ0n) is 8.64. The molecule has 0 aromatic carbocycles. The van der Waals surface area contributed by atoms with Crippen LogP contribution < -0.4 is 11.1 Å². The number of nitrogens with one attached hydrogen (secondary N) is 1. The molecule has 0 radical (unpaired) electrons. The van der Waals surface area contributed by atoms with Crippen molar-refractivity contribution in [3.8, 4) is 0 Å². The fourth-order valence-corrected chi connectivity index (χ4v) is 2.22. The fraction of sp³-hybridized carbons (Fsp3) is 0.800. The largest absolute Gasteiger partial charge is 0.392 e. The highest BCUT2D eigenvalue weighted by Gasteiger charge is 2.38. The predicted octanol–water partition coefficient (Wildman–Crippen LogP) is 1.36. The molecule has 14 heavy (non-hydrogen) atoms. The van der Waals surface area contributed by atoms with Gasteiger partial charge >= 0.3 is 0 Å². The van der Waals surface area contributed by atoms with Gasteiger partial charge in [-0.1, -0.05) is 32.0 Å². The molecule has 0 saturated heterocycles. The van der Waals surface area contributed by atoms with Crippen LogP contribution in [0.2, 0.25) is 0 Å². The lowest BCUT2D eigenvalue weighted by Crippen LogP contribution is -2.42. The van der Waals surface area contributed by atoms with Crippen molar-refractivity contribution in [2.75, 3.05) is 6.54 Å². The third-order valence-corrected chi connectivity index (χ3v) is 3.29. The van der Waals surface area contributed by atoms with Crippen LogP contribution in [0.15, 0.2) is 0 Å². The van der Waals surface area contributed by atoms with Gasteiger partial charge in [0.15, 0.2) is 0 Å². The van der Waals surface area contributed by atoms with Crippen LogP contribution in [0.5, 0.6) is 0 Å². The minimum atomic E-state index is -0.134. The Labute approximate surface area is 90.4 Å². The van der Waals surface area contributed by atoms with E-state index in [1.165, 1.54) is 0 Å². The second-order valence-corrected chi connectivity index (χ2v) is 4.51. The Kier molecular flexibility index (Phi) is 3.86. The first-order valence-corrected chi connectivity index (χ1v) is 5.58. The summed E-state index contributed by atoms with van der Waals surface area (Å²) in [6.45, 7) is 2.40. The number of hydrogen-bond donors (Lipinski definition) is 2. The van der Waals surface area contributed by atoms with Gasteiger partial charge in [-0.2, -0.15) is 0 Å². The van der Waals surface area contributed by atoms with Crippen LogP contribution in [0.25, 0.3) is 0 Å². The summed E-state index contributed by atoms with van der Waals surface area (Å²) in [5.74, 6) is 0.130. The molecule has 0 unspecified atom stereocenters. The van der Waals surface area contributed by atoms with Crippen LogP contribution in [-0.4, -0.2) is 17.4 Å². The maximum Gasteiger partial charge on any atom is 0.226 e. The molecule has 0 aliphatic heterocycles. The first-order valence-electron chi connectivity index (χ1n) is 5.17. The number of thiocarbonyl (C=S) groups is 1. The van der Waals surface area contributed by atoms with Crippen molar-refractivity contribution >= 4 is 23.1 Å². The Bertz CT molecular complexity index is 234. The quantitative estimate of drug-likeness (QED) is 0.695. The Hall–Kier alpha value is -0.640. The molecule has 1 aliphatic rings. The van der Waals surface area contributed by atoms with Gasteiger partial charge in [0.1, 0.15) is 0 Å². The molecule has 80 valence electrons. The Morgan fingerprint density at radius 1 is 1.50 bits per heavy atom. The average Bonchev–Trinajstić information content (AvgIpc) is 2.63. The second-order valence-electron chi connectivity index (χ2n) is 3.99. The first kappa shape index (κ1) is 11.4. The Morgan fingerprint density at radius 2 is 2.07 bits per heavy atom. The second kappa shape index (κ2) is 4.73. The van der Waals surface area contributed by atoms with Crippen LogP contribution in [0.1, 0.15) is 39.0 Å². The number of nitrogens with two attached hydrogens (primary N) is 1. The van der Waals surface area contributed by atoms with Crippen LogP contribution in [0, 0.1) is 5.41 Å². The molecule has 1 amide bonds. The zero-order chi connectivity index (χ0) is 10.6. The Morgan fingerprint density at radius 3 is 2.50 bits per heavy atom. The summed E-state index contributed by atoms with van der Waals surface area (Å²) in [6, 6.07) is 0. The molecule has 1 saturated carbocycles. The molecule has 0 aromatic rings. The molecular formula is C10H18N2OS. The highest BCUT2D eigenvalue weighted by atomic mass is 32.1. The van der Waals surface area contributed by atoms with E-state index in [4.69, 9.17) is 18.0 Å². The number of carbonyl (C=O) groups is 1. The molecule has 0 bridgehead atoms. The molecule has 3 nitrogen and oxygen atoms in total. The molecule has 1 fully saturated rings. The van der Waals surface area contributed by atoms with E-state index in [1.807, 2.05) is 0 Å². The smallest absolute Gasteiger partial charge is 0.226 e. The number of hydrogen-bond acceptors (Lipinski definition) is 2. The average molecular weight is 214 g/mol. The SMILES string of the molecule is CCC1(C(=O)NCC(N)=S)CCCC1. The van der Waals surface area contributed by atoms with Gasteiger partial charge in [0.05, 0.1) is 11.5 Å². The van der Waals surface area contributed by atoms with Crippen molar-refractivity contribution in [1.29, 1.82) is 0 Å². The first-order chi connectivity index (χ1) is 6.60. The van der Waals surface area contributed by atoms with Crippen molar-refractivity contribution in [2.24, 2.45) is 11.1 Å². The van der Waals surface area contributed by atoms with Crippen LogP contribution in [0.4, 0.5) is 0 Å². The summed E-state index contributed by atoms with van der Waals surface area (Å²) < 4.78 is 0. The standard InChI is InChI=1S/C10H18N2OS/c1-2-10(5-3-4-6-10)9(13)12-7-8(11)14/h2-7H2,1H3,(H2,11,14)(H,12,13). The fourth-order valence-electron chi connectivity index (χ4n) is 2.15. The number of amides is 1. The maximum absolute atomic E-state index is 11.9. The van der Waals surface area contributed by atoms with E-state index in [0.29, 0.717) is 11.5 Å². The summed E-state index contributed by atoms with van der Waals surface area (Å²) in [4.78, 5) is 12.2. The van der Waals surface area contributed by atoms with Crippen LogP contribution in [-0.2, 0) is 4.79 Å². The minimum absolute atomic E-state index is 0.130. The van der Waals surface area contributed by atoms with E-state index < -0.39 is 0 Å². The summed E-state index contributed by atoms with van der Waals surface area (Å²) in [7, 11) is 0. The predicted molar refractivity (Wildman–Crippen MR) is 61.0 cm³/mol. The van der Waals surface area contributed by atoms with Crippen molar-refractivity contribution < 1.29 is 4.79 Å². The summed E-state index contributed by atoms with van der Waals surface area (Å²) in [5.41, 5.74) is 5.21. The topological polar surface area (TPSA) is 55.1 Å². The van der Waals surface area contributed by atoms with Crippen molar-refractivity contribution in [3.05, 3.63) is 0 Å². The molecule has 1 aliphatic carbocycles. The van der Waals surface area contributed by atoms with E-state index >= 15 is 0 Å². The summed E-state index contributed by atoms with van der Waals surface area (Å²) >= 11 is 4.72. The monoisotopic (exact) mass is 214 g/mol. The van der Waals surface area contributed by atoms with E-state index in [9.17, 15) is 4.79 Å². The van der Waals surface area contributed by atoms with E-state index in [-0.39, 0.29) is 11.3 Å². The van der Waals surface area contributed by atoms with E-state index in [1.54, 1.807) is 0 Å². The van der Waals surface area contributed by atoms with Crippen molar-refractivity contribution in [3.63, 3.8) is 0 Å². The molecule has 1 rings (SSSR count). The highest BCUT2D eigenvalue weighted by Crippen LogP contribution is 2.40. The summed E-state index contributed by atoms with van der Waals surface area (Å²) in [5, 5.41) is 2.81. The van der Waals surface area contributed by atoms with Gasteiger partial charge in [-0.3, -0.25) is 4.79 Å². The van der Waals surface area contributed by atoms with E-state index in [0.717, 1.165) is 32.1 Å². The van der Waals surface area contributed by atoms with Crippen molar-refractivity contribution in [2.45, 2.75) is 39.0 Å². The molecule has 0 aromatic heterocycles. The minimum Gasteiger partial charge on any atom is -0.392 e. The third-order valence-electron chi connectivity index (χ3n) is 3.14. The lowest BCUT2D eigenvalue weighted by atomic mass is 9.82. The molecule has 4 heteroatoms. The molecule has 3 N–H and O–H groups in total. The normalized spacial score (nSPS) is 19.2. The van der Waals surface area contributed by atoms with Gasteiger partial charge in [0.2, 0.25) is 5.91 Å². The van der Waals surface area contributed by atoms with Gasteiger partial charge in [-0.05, 0) is 19.3 Å². The zero-order valence-corrected chi connectivity index (χ0v) is 9.45. The molecular weight excluding hydrogens is 196 g/mol. The van der Waals surface area contributed by atoms with Gasteiger partial charge in [-0.25, -0.2) is 0 Å². The molecule has 0 spiro atoms. The van der Waals surface area contributed by atoms with Crippen LogP contribution >= 0.6 is 12.2 Å². The molecule has 0 heterocycles. The van der Waals surface area contributed by atoms with Gasteiger partial charge in [0.25, 0.3) is 0 Å². The van der Waals surface area contributed by atoms with Gasteiger partial charge in [0, 0.05) is 5.41 Å².